The van der Waals surface area contributed by atoms with Crippen molar-refractivity contribution in [2.75, 3.05) is 33.8 Å². The fourth-order valence-electron chi connectivity index (χ4n) is 4.14. The summed E-state index contributed by atoms with van der Waals surface area (Å²) in [5.41, 5.74) is 3.63. The fraction of sp³-hybridized carbons (Fsp3) is 0.241. The first-order valence-electron chi connectivity index (χ1n) is 11.9. The van der Waals surface area contributed by atoms with Crippen molar-refractivity contribution < 1.29 is 23.7 Å². The largest absolute Gasteiger partial charge is 0.497 e. The van der Waals surface area contributed by atoms with Crippen molar-refractivity contribution in [3.05, 3.63) is 89.1 Å². The van der Waals surface area contributed by atoms with Gasteiger partial charge in [-0.2, -0.15) is 0 Å². The van der Waals surface area contributed by atoms with E-state index in [1.165, 1.54) is 11.8 Å². The van der Waals surface area contributed by atoms with Gasteiger partial charge < -0.3 is 29.6 Å². The smallest absolute Gasteiger partial charge is 0.255 e. The van der Waals surface area contributed by atoms with Crippen LogP contribution in [0, 0.1) is 0 Å². The van der Waals surface area contributed by atoms with Crippen molar-refractivity contribution in [2.45, 2.75) is 18.7 Å². The number of thioether (sulfide) groups is 1. The molecule has 2 N–H and O–H groups in total. The number of hydrogen-bond acceptors (Lipinski definition) is 8. The summed E-state index contributed by atoms with van der Waals surface area (Å²) in [6, 6.07) is 19.9. The monoisotopic (exact) mass is 533 g/mol. The number of nitrogens with one attached hydrogen (secondary N) is 2. The fourth-order valence-corrected chi connectivity index (χ4v) is 5.07. The van der Waals surface area contributed by atoms with E-state index in [0.717, 1.165) is 22.6 Å². The number of carbonyl (C=O) groups is 1. The van der Waals surface area contributed by atoms with Crippen LogP contribution in [-0.4, -0.2) is 39.5 Å². The summed E-state index contributed by atoms with van der Waals surface area (Å²) >= 11 is 1.51. The van der Waals surface area contributed by atoms with Gasteiger partial charge in [0.2, 0.25) is 0 Å². The van der Waals surface area contributed by atoms with E-state index in [4.69, 9.17) is 23.9 Å². The molecule has 0 fully saturated rings. The Balaban J connectivity index is 1.69. The van der Waals surface area contributed by atoms with Crippen LogP contribution >= 0.6 is 11.8 Å². The van der Waals surface area contributed by atoms with Gasteiger partial charge >= 0.3 is 0 Å². The Morgan fingerprint density at radius 1 is 0.895 bits per heavy atom. The molecular formula is C29H31N3O5S. The second-order valence-electron chi connectivity index (χ2n) is 8.39. The number of carbonyl (C=O) groups excluding carboxylic acids is 1. The van der Waals surface area contributed by atoms with Gasteiger partial charge in [0.05, 0.1) is 34.0 Å². The Labute approximate surface area is 227 Å². The van der Waals surface area contributed by atoms with Crippen molar-refractivity contribution >= 4 is 28.5 Å². The first-order valence-corrected chi connectivity index (χ1v) is 12.9. The van der Waals surface area contributed by atoms with E-state index in [1.807, 2.05) is 67.6 Å². The lowest BCUT2D eigenvalue weighted by Crippen LogP contribution is -2.32. The average molecular weight is 534 g/mol. The van der Waals surface area contributed by atoms with E-state index in [-0.39, 0.29) is 5.91 Å². The van der Waals surface area contributed by atoms with Crippen molar-refractivity contribution in [1.29, 1.82) is 0 Å². The van der Waals surface area contributed by atoms with Crippen LogP contribution in [0.4, 0.5) is 5.69 Å². The van der Waals surface area contributed by atoms with Crippen molar-refractivity contribution in [3.63, 3.8) is 0 Å². The molecule has 0 saturated carbocycles. The molecule has 0 unspecified atom stereocenters. The number of methoxy groups -OCH3 is 4. The molecule has 0 aromatic heterocycles. The highest BCUT2D eigenvalue weighted by Crippen LogP contribution is 2.39. The van der Waals surface area contributed by atoms with E-state index < -0.39 is 6.04 Å². The first-order chi connectivity index (χ1) is 18.5. The van der Waals surface area contributed by atoms with Crippen LogP contribution in [0.25, 0.3) is 0 Å². The lowest BCUT2D eigenvalue weighted by molar-refractivity contribution is -0.113. The molecule has 0 saturated heterocycles. The molecule has 0 radical (unpaired) electrons. The number of benzene rings is 3. The number of amidine groups is 1. The lowest BCUT2D eigenvalue weighted by Gasteiger charge is -2.27. The van der Waals surface area contributed by atoms with E-state index in [0.29, 0.717) is 39.4 Å². The first kappa shape index (κ1) is 26.9. The number of nitrogens with zero attached hydrogens (tertiary/aromatic N) is 1. The normalized spacial score (nSPS) is 14.8. The van der Waals surface area contributed by atoms with Gasteiger partial charge in [0.25, 0.3) is 5.91 Å². The van der Waals surface area contributed by atoms with E-state index in [1.54, 1.807) is 34.5 Å². The van der Waals surface area contributed by atoms with Crippen LogP contribution < -0.4 is 29.6 Å². The van der Waals surface area contributed by atoms with Gasteiger partial charge in [-0.25, -0.2) is 4.99 Å². The molecule has 3 aromatic rings. The van der Waals surface area contributed by atoms with Crippen LogP contribution in [0.15, 0.2) is 83.0 Å². The number of allylic oxidation sites excluding steroid dienone is 1. The Kier molecular flexibility index (Phi) is 8.81. The molecule has 3 aromatic carbocycles. The molecule has 0 aliphatic carbocycles. The van der Waals surface area contributed by atoms with Crippen LogP contribution in [0.5, 0.6) is 23.0 Å². The lowest BCUT2D eigenvalue weighted by atomic mass is 9.95. The maximum Gasteiger partial charge on any atom is 0.255 e. The predicted molar refractivity (Wildman–Crippen MR) is 151 cm³/mol. The summed E-state index contributed by atoms with van der Waals surface area (Å²) in [7, 11) is 6.47. The summed E-state index contributed by atoms with van der Waals surface area (Å²) in [6.07, 6.45) is 0. The van der Waals surface area contributed by atoms with Crippen molar-refractivity contribution in [3.8, 4) is 23.0 Å². The summed E-state index contributed by atoms with van der Waals surface area (Å²) in [4.78, 5) is 18.5. The maximum atomic E-state index is 13.5. The van der Waals surface area contributed by atoms with E-state index in [2.05, 4.69) is 10.6 Å². The minimum absolute atomic E-state index is 0.244. The minimum atomic E-state index is -0.601. The number of anilines is 1. The highest BCUT2D eigenvalue weighted by Gasteiger charge is 2.31. The molecule has 198 valence electrons. The number of ether oxygens (including phenoxy) is 4. The second kappa shape index (κ2) is 12.4. The van der Waals surface area contributed by atoms with Crippen LogP contribution in [0.3, 0.4) is 0 Å². The number of hydrogen-bond donors (Lipinski definition) is 2. The van der Waals surface area contributed by atoms with Crippen LogP contribution in [0.2, 0.25) is 0 Å². The zero-order chi connectivity index (χ0) is 27.1. The molecule has 1 aliphatic heterocycles. The molecule has 1 aliphatic rings. The highest BCUT2D eigenvalue weighted by molar-refractivity contribution is 8.13. The van der Waals surface area contributed by atoms with Gasteiger partial charge in [-0.1, -0.05) is 30.0 Å². The SMILES string of the molecule is COc1ccc(OC)c(CSC2=N[C@@H](c3ccc(OC)cc3OC)C(C(=O)Nc3ccccc3)=C(C)N2)c1. The Morgan fingerprint density at radius 2 is 1.58 bits per heavy atom. The molecule has 1 amide bonds. The zero-order valence-corrected chi connectivity index (χ0v) is 22.8. The summed E-state index contributed by atoms with van der Waals surface area (Å²) < 4.78 is 22.0. The standard InChI is InChI=1S/C29H31N3O5S/c1-18-26(28(33)31-20-9-7-6-8-10-20)27(23-13-11-22(35-3)16-25(23)37-5)32-29(30-18)38-17-19-15-21(34-2)12-14-24(19)36-4/h6-16,27H,17H2,1-5H3,(H,30,32)(H,31,33)/t27-/m0/s1. The van der Waals surface area contributed by atoms with E-state index >= 15 is 0 Å². The molecule has 1 atom stereocenters. The van der Waals surface area contributed by atoms with Gasteiger partial charge in [0.15, 0.2) is 5.17 Å². The molecule has 8 nitrogen and oxygen atoms in total. The molecule has 1 heterocycles. The molecule has 38 heavy (non-hydrogen) atoms. The minimum Gasteiger partial charge on any atom is -0.497 e. The molecule has 4 rings (SSSR count). The third kappa shape index (κ3) is 6.06. The topological polar surface area (TPSA) is 90.4 Å². The quantitative estimate of drug-likeness (QED) is 0.372. The second-order valence-corrected chi connectivity index (χ2v) is 9.36. The molecular weight excluding hydrogens is 502 g/mol. The molecule has 9 heteroatoms. The maximum absolute atomic E-state index is 13.5. The zero-order valence-electron chi connectivity index (χ0n) is 22.0. The third-order valence-electron chi connectivity index (χ3n) is 6.08. The Hall–Kier alpha value is -4.11. The average Bonchev–Trinajstić information content (AvgIpc) is 2.95. The summed E-state index contributed by atoms with van der Waals surface area (Å²) in [5.74, 6) is 3.08. The third-order valence-corrected chi connectivity index (χ3v) is 7.02. The molecule has 0 spiro atoms. The number of amides is 1. The van der Waals surface area contributed by atoms with Gasteiger partial charge in [0, 0.05) is 34.3 Å². The highest BCUT2D eigenvalue weighted by atomic mass is 32.2. The van der Waals surface area contributed by atoms with E-state index in [9.17, 15) is 4.79 Å². The van der Waals surface area contributed by atoms with Gasteiger partial charge in [-0.15, -0.1) is 0 Å². The predicted octanol–water partition coefficient (Wildman–Crippen LogP) is 5.57. The summed E-state index contributed by atoms with van der Waals surface area (Å²) in [6.45, 7) is 1.88. The van der Waals surface area contributed by atoms with Gasteiger partial charge in [-0.3, -0.25) is 4.79 Å². The summed E-state index contributed by atoms with van der Waals surface area (Å²) in [5, 5.41) is 6.99. The number of rotatable bonds is 9. The van der Waals surface area contributed by atoms with Gasteiger partial charge in [-0.05, 0) is 49.4 Å². The van der Waals surface area contributed by atoms with Gasteiger partial charge in [0.1, 0.15) is 29.0 Å². The number of para-hydroxylation sites is 1. The van der Waals surface area contributed by atoms with Crippen molar-refractivity contribution in [1.82, 2.24) is 5.32 Å². The number of aliphatic imine (C=N–C) groups is 1. The Bertz CT molecular complexity index is 1360. The Morgan fingerprint density at radius 3 is 2.26 bits per heavy atom. The van der Waals surface area contributed by atoms with Crippen LogP contribution in [-0.2, 0) is 10.5 Å². The van der Waals surface area contributed by atoms with Crippen LogP contribution in [0.1, 0.15) is 24.1 Å². The molecule has 0 bridgehead atoms. The van der Waals surface area contributed by atoms with Crippen molar-refractivity contribution in [2.24, 2.45) is 4.99 Å².